The molecule has 0 spiro atoms. The number of amides is 1. The van der Waals surface area contributed by atoms with E-state index >= 15 is 0 Å². The highest BCUT2D eigenvalue weighted by Gasteiger charge is 2.60. The second kappa shape index (κ2) is 9.85. The number of carbonyl (C=O) groups is 2. The van der Waals surface area contributed by atoms with Gasteiger partial charge in [-0.3, -0.25) is 9.69 Å². The number of primary amides is 1. The molecule has 2 aromatic rings. The van der Waals surface area contributed by atoms with Crippen LogP contribution in [0.15, 0.2) is 48.5 Å². The number of nitrogens with zero attached hydrogens (tertiary/aromatic N) is 2. The average molecular weight is 473 g/mol. The molecular formula is C25H26F3N3O3. The predicted octanol–water partition coefficient (Wildman–Crippen LogP) is 4.76. The number of nitrogens with two attached hydrogens (primary N) is 1. The van der Waals surface area contributed by atoms with Gasteiger partial charge in [-0.1, -0.05) is 49.7 Å². The van der Waals surface area contributed by atoms with Crippen molar-refractivity contribution >= 4 is 11.9 Å². The number of rotatable bonds is 9. The number of nitriles is 1. The predicted molar refractivity (Wildman–Crippen MR) is 119 cm³/mol. The number of hydrogen-bond acceptors (Lipinski definition) is 5. The van der Waals surface area contributed by atoms with Crippen molar-refractivity contribution in [1.29, 1.82) is 5.26 Å². The van der Waals surface area contributed by atoms with Crippen LogP contribution in [-0.4, -0.2) is 41.6 Å². The minimum Gasteiger partial charge on any atom is -0.465 e. The molecule has 0 saturated heterocycles. The zero-order valence-corrected chi connectivity index (χ0v) is 18.9. The van der Waals surface area contributed by atoms with Gasteiger partial charge < -0.3 is 10.5 Å². The Morgan fingerprint density at radius 2 is 1.65 bits per heavy atom. The van der Waals surface area contributed by atoms with Gasteiger partial charge >= 0.3 is 12.1 Å². The van der Waals surface area contributed by atoms with E-state index in [1.807, 2.05) is 6.07 Å². The van der Waals surface area contributed by atoms with Crippen molar-refractivity contribution in [1.82, 2.24) is 4.90 Å². The van der Waals surface area contributed by atoms with E-state index in [9.17, 15) is 28.0 Å². The molecule has 1 amide bonds. The highest BCUT2D eigenvalue weighted by Crippen LogP contribution is 2.51. The number of alkyl halides is 3. The zero-order chi connectivity index (χ0) is 25.1. The topological polar surface area (TPSA) is 96.4 Å². The third-order valence-corrected chi connectivity index (χ3v) is 6.11. The van der Waals surface area contributed by atoms with Crippen LogP contribution in [0.2, 0.25) is 0 Å². The van der Waals surface area contributed by atoms with E-state index in [-0.39, 0.29) is 24.8 Å². The standard InChI is InChI=1S/C25H26F3N3O3/c1-3-4-20(22(30)32)31(24(15-29)13-14-24)21(25(26,27)28)18-9-5-16(6-10-18)17-7-11-19(12-8-17)23(33)34-2/h5-12,20-21H,3-4,13-14H2,1-2H3,(H2,30,32)/t20-,21-/m0/s1. The van der Waals surface area contributed by atoms with Gasteiger partial charge in [-0.15, -0.1) is 0 Å². The largest absolute Gasteiger partial charge is 0.465 e. The van der Waals surface area contributed by atoms with Gasteiger partial charge in [0.2, 0.25) is 5.91 Å². The van der Waals surface area contributed by atoms with Gasteiger partial charge in [-0.2, -0.15) is 18.4 Å². The molecule has 0 radical (unpaired) electrons. The van der Waals surface area contributed by atoms with Crippen molar-refractivity contribution in [3.05, 3.63) is 59.7 Å². The Hall–Kier alpha value is -3.38. The molecule has 0 heterocycles. The number of ether oxygens (including phenoxy) is 1. The van der Waals surface area contributed by atoms with Gasteiger partial charge in [0, 0.05) is 0 Å². The minimum absolute atomic E-state index is 0.0775. The van der Waals surface area contributed by atoms with Crippen molar-refractivity contribution in [3.63, 3.8) is 0 Å². The number of methoxy groups -OCH3 is 1. The summed E-state index contributed by atoms with van der Waals surface area (Å²) in [6.45, 7) is 1.75. The molecule has 1 saturated carbocycles. The molecule has 6 nitrogen and oxygen atoms in total. The van der Waals surface area contributed by atoms with Crippen LogP contribution in [0.25, 0.3) is 11.1 Å². The molecule has 2 atom stereocenters. The fourth-order valence-electron chi connectivity index (χ4n) is 4.25. The molecule has 2 N–H and O–H groups in total. The number of carbonyl (C=O) groups excluding carboxylic acids is 2. The van der Waals surface area contributed by atoms with Crippen LogP contribution in [-0.2, 0) is 9.53 Å². The Bertz CT molecular complexity index is 1070. The minimum atomic E-state index is -4.74. The van der Waals surface area contributed by atoms with Crippen molar-refractivity contribution in [2.24, 2.45) is 5.73 Å². The second-order valence-electron chi connectivity index (χ2n) is 8.39. The van der Waals surface area contributed by atoms with Gasteiger partial charge in [0.05, 0.1) is 24.8 Å². The molecule has 9 heteroatoms. The van der Waals surface area contributed by atoms with Crippen LogP contribution in [0.5, 0.6) is 0 Å². The monoisotopic (exact) mass is 473 g/mol. The second-order valence-corrected chi connectivity index (χ2v) is 8.39. The fraction of sp³-hybridized carbons (Fsp3) is 0.400. The summed E-state index contributed by atoms with van der Waals surface area (Å²) in [5.74, 6) is -1.36. The van der Waals surface area contributed by atoms with E-state index in [2.05, 4.69) is 4.74 Å². The van der Waals surface area contributed by atoms with Crippen LogP contribution in [0.4, 0.5) is 13.2 Å². The van der Waals surface area contributed by atoms with Gasteiger partial charge in [-0.25, -0.2) is 4.79 Å². The molecule has 0 aliphatic heterocycles. The van der Waals surface area contributed by atoms with Crippen molar-refractivity contribution < 1.29 is 27.5 Å². The molecule has 180 valence electrons. The highest BCUT2D eigenvalue weighted by molar-refractivity contribution is 5.90. The van der Waals surface area contributed by atoms with Crippen molar-refractivity contribution in [2.75, 3.05) is 7.11 Å². The summed E-state index contributed by atoms with van der Waals surface area (Å²) in [6, 6.07) is 10.9. The van der Waals surface area contributed by atoms with E-state index in [1.165, 1.54) is 19.2 Å². The van der Waals surface area contributed by atoms with E-state index in [0.717, 1.165) is 4.90 Å². The lowest BCUT2D eigenvalue weighted by atomic mass is 9.95. The Morgan fingerprint density at radius 3 is 2.03 bits per heavy atom. The number of hydrogen-bond donors (Lipinski definition) is 1. The first-order valence-corrected chi connectivity index (χ1v) is 10.9. The molecule has 0 bridgehead atoms. The summed E-state index contributed by atoms with van der Waals surface area (Å²) in [7, 11) is 1.27. The van der Waals surface area contributed by atoms with Crippen LogP contribution >= 0.6 is 0 Å². The lowest BCUT2D eigenvalue weighted by Crippen LogP contribution is -2.55. The van der Waals surface area contributed by atoms with Crippen LogP contribution in [0.1, 0.15) is 54.6 Å². The smallest absolute Gasteiger partial charge is 0.408 e. The van der Waals surface area contributed by atoms with Gasteiger partial charge in [-0.05, 0) is 48.1 Å². The maximum absolute atomic E-state index is 14.4. The normalized spacial score (nSPS) is 16.4. The summed E-state index contributed by atoms with van der Waals surface area (Å²) in [5, 5.41) is 9.72. The van der Waals surface area contributed by atoms with Crippen LogP contribution < -0.4 is 5.73 Å². The number of halogens is 3. The molecule has 1 aliphatic carbocycles. The summed E-state index contributed by atoms with van der Waals surface area (Å²) in [4.78, 5) is 24.8. The van der Waals surface area contributed by atoms with E-state index in [4.69, 9.17) is 5.73 Å². The summed E-state index contributed by atoms with van der Waals surface area (Å²) in [6.07, 6.45) is -3.69. The number of benzene rings is 2. The van der Waals surface area contributed by atoms with E-state index in [0.29, 0.717) is 23.1 Å². The first-order valence-electron chi connectivity index (χ1n) is 10.9. The molecular weight excluding hydrogens is 447 g/mol. The molecule has 1 fully saturated rings. The van der Waals surface area contributed by atoms with Gasteiger partial charge in [0.15, 0.2) is 0 Å². The van der Waals surface area contributed by atoms with Gasteiger partial charge in [0.1, 0.15) is 11.6 Å². The molecule has 0 unspecified atom stereocenters. The quantitative estimate of drug-likeness (QED) is 0.530. The summed E-state index contributed by atoms with van der Waals surface area (Å²) >= 11 is 0. The summed E-state index contributed by atoms with van der Waals surface area (Å²) < 4.78 is 48.0. The first-order chi connectivity index (χ1) is 16.1. The SMILES string of the molecule is CCC[C@@H](C(N)=O)N([C@@H](c1ccc(-c2ccc(C(=O)OC)cc2)cc1)C(F)(F)F)C1(C#N)CC1. The molecule has 0 aromatic heterocycles. The van der Waals surface area contributed by atoms with Crippen molar-refractivity contribution in [2.45, 2.75) is 56.4 Å². The van der Waals surface area contributed by atoms with Crippen molar-refractivity contribution in [3.8, 4) is 17.2 Å². The van der Waals surface area contributed by atoms with E-state index < -0.39 is 35.7 Å². The zero-order valence-electron chi connectivity index (χ0n) is 18.9. The third-order valence-electron chi connectivity index (χ3n) is 6.11. The molecule has 2 aromatic carbocycles. The maximum atomic E-state index is 14.4. The molecule has 3 rings (SSSR count). The third kappa shape index (κ3) is 5.07. The Kier molecular flexibility index (Phi) is 7.32. The molecule has 34 heavy (non-hydrogen) atoms. The Labute approximate surface area is 196 Å². The highest BCUT2D eigenvalue weighted by atomic mass is 19.4. The summed E-state index contributed by atoms with van der Waals surface area (Å²) in [5.41, 5.74) is 5.77. The lowest BCUT2D eigenvalue weighted by molar-refractivity contribution is -0.199. The van der Waals surface area contributed by atoms with Crippen LogP contribution in [0.3, 0.4) is 0 Å². The first kappa shape index (κ1) is 25.2. The Morgan fingerprint density at radius 1 is 1.12 bits per heavy atom. The van der Waals surface area contributed by atoms with Gasteiger partial charge in [0.25, 0.3) is 0 Å². The fourth-order valence-corrected chi connectivity index (χ4v) is 4.25. The lowest BCUT2D eigenvalue weighted by Gasteiger charge is -2.41. The average Bonchev–Trinajstić information content (AvgIpc) is 3.61. The van der Waals surface area contributed by atoms with E-state index in [1.54, 1.807) is 43.3 Å². The molecule has 1 aliphatic rings. The Balaban J connectivity index is 2.01. The van der Waals surface area contributed by atoms with Crippen LogP contribution in [0, 0.1) is 11.3 Å². The maximum Gasteiger partial charge on any atom is 0.408 e. The number of esters is 1.